The molecule has 0 bridgehead atoms. The monoisotopic (exact) mass is 468 g/mol. The van der Waals surface area contributed by atoms with Gasteiger partial charge >= 0.3 is 0 Å². The second-order valence-electron chi connectivity index (χ2n) is 7.44. The van der Waals surface area contributed by atoms with Crippen LogP contribution in [0.15, 0.2) is 96.5 Å². The fourth-order valence-corrected chi connectivity index (χ4v) is 3.51. The minimum atomic E-state index is -0.269. The summed E-state index contributed by atoms with van der Waals surface area (Å²) in [4.78, 5) is 28.6. The second-order valence-corrected chi connectivity index (χ2v) is 7.44. The molecule has 3 N–H and O–H groups in total. The molecule has 4 rings (SSSR count). The molecule has 1 aromatic heterocycles. The molecule has 0 saturated heterocycles. The van der Waals surface area contributed by atoms with Gasteiger partial charge in [0.15, 0.2) is 0 Å². The fourth-order valence-electron chi connectivity index (χ4n) is 3.51. The van der Waals surface area contributed by atoms with E-state index in [1.165, 1.54) is 12.1 Å². The molecule has 1 heterocycles. The Morgan fingerprint density at radius 3 is 2.46 bits per heavy atom. The topological polar surface area (TPSA) is 108 Å². The number of nitrogens with one attached hydrogen (secondary N) is 3. The van der Waals surface area contributed by atoms with Gasteiger partial charge in [-0.1, -0.05) is 18.2 Å². The number of hydrogen-bond donors (Lipinski definition) is 3. The van der Waals surface area contributed by atoms with Crippen LogP contribution in [-0.2, 0) is 0 Å². The summed E-state index contributed by atoms with van der Waals surface area (Å²) in [5.41, 5.74) is 4.40. The van der Waals surface area contributed by atoms with Gasteiger partial charge in [-0.3, -0.25) is 9.78 Å². The van der Waals surface area contributed by atoms with E-state index in [0.717, 1.165) is 11.4 Å². The number of amides is 1. The Morgan fingerprint density at radius 2 is 1.71 bits per heavy atom. The van der Waals surface area contributed by atoms with Gasteiger partial charge in [-0.25, -0.2) is 0 Å². The third-order valence-corrected chi connectivity index (χ3v) is 5.26. The van der Waals surface area contributed by atoms with Crippen molar-refractivity contribution in [2.45, 2.75) is 0 Å². The Morgan fingerprint density at radius 1 is 0.943 bits per heavy atom. The zero-order valence-corrected chi connectivity index (χ0v) is 19.2. The molecule has 0 unspecified atom stereocenters. The molecule has 35 heavy (non-hydrogen) atoms. The van der Waals surface area contributed by atoms with Crippen molar-refractivity contribution in [2.75, 3.05) is 35.1 Å². The molecular weight excluding hydrogens is 444 g/mol. The van der Waals surface area contributed by atoms with Crippen molar-refractivity contribution < 1.29 is 9.53 Å². The summed E-state index contributed by atoms with van der Waals surface area (Å²) < 4.78 is 5.26. The number of methoxy groups -OCH3 is 1. The highest BCUT2D eigenvalue weighted by Crippen LogP contribution is 2.34. The number of ether oxygens (including phenoxy) is 1. The third kappa shape index (κ3) is 5.36. The molecule has 9 heteroatoms. The van der Waals surface area contributed by atoms with Crippen molar-refractivity contribution in [1.29, 1.82) is 0 Å². The predicted molar refractivity (Wildman–Crippen MR) is 139 cm³/mol. The average molecular weight is 469 g/mol. The number of hydrogen-bond acceptors (Lipinski definition) is 7. The maximum Gasteiger partial charge on any atom is 0.259 e. The van der Waals surface area contributed by atoms with Crippen LogP contribution in [0.5, 0.6) is 5.75 Å². The van der Waals surface area contributed by atoms with Gasteiger partial charge in [0.25, 0.3) is 5.91 Å². The van der Waals surface area contributed by atoms with Gasteiger partial charge in [-0.05, 0) is 60.7 Å². The van der Waals surface area contributed by atoms with Gasteiger partial charge in [0.2, 0.25) is 0 Å². The molecule has 0 radical (unpaired) electrons. The van der Waals surface area contributed by atoms with E-state index < -0.39 is 0 Å². The molecule has 176 valence electrons. The largest absolute Gasteiger partial charge is 0.496 e. The molecule has 0 aliphatic heterocycles. The number of para-hydroxylation sites is 1. The Hall–Kier alpha value is -4.92. The van der Waals surface area contributed by atoms with Gasteiger partial charge < -0.3 is 20.7 Å². The normalized spacial score (nSPS) is 10.2. The predicted octanol–water partition coefficient (Wildman–Crippen LogP) is 5.95. The second kappa shape index (κ2) is 10.8. The summed E-state index contributed by atoms with van der Waals surface area (Å²) in [6, 6.07) is 23.3. The lowest BCUT2D eigenvalue weighted by Crippen LogP contribution is -2.13. The lowest BCUT2D eigenvalue weighted by atomic mass is 10.2. The van der Waals surface area contributed by atoms with Crippen molar-refractivity contribution in [2.24, 2.45) is 5.29 Å². The lowest BCUT2D eigenvalue weighted by molar-refractivity contribution is 0.102. The number of nitrogens with zero attached hydrogens (tertiary/aromatic N) is 3. The molecule has 0 spiro atoms. The van der Waals surface area contributed by atoms with Crippen molar-refractivity contribution in [1.82, 2.24) is 4.98 Å². The van der Waals surface area contributed by atoms with Crippen molar-refractivity contribution in [3.05, 3.63) is 102 Å². The fraction of sp³-hybridized carbons (Fsp3) is 0.0769. The number of pyridine rings is 1. The number of rotatable bonds is 9. The van der Waals surface area contributed by atoms with Crippen LogP contribution in [-0.4, -0.2) is 25.0 Å². The van der Waals surface area contributed by atoms with E-state index in [1.807, 2.05) is 30.3 Å². The molecule has 0 aliphatic rings. The Bertz CT molecular complexity index is 1330. The Labute approximate surface area is 202 Å². The minimum Gasteiger partial charge on any atom is -0.496 e. The quantitative estimate of drug-likeness (QED) is 0.206. The number of nitroso groups, excluding NO2 is 1. The van der Waals surface area contributed by atoms with E-state index in [-0.39, 0.29) is 5.91 Å². The van der Waals surface area contributed by atoms with Crippen LogP contribution in [0.3, 0.4) is 0 Å². The van der Waals surface area contributed by atoms with Crippen LogP contribution in [0, 0.1) is 4.91 Å². The highest BCUT2D eigenvalue weighted by Gasteiger charge is 2.16. The van der Waals surface area contributed by atoms with Gasteiger partial charge in [-0.2, -0.15) is 5.01 Å². The number of aromatic nitrogens is 1. The molecule has 1 amide bonds. The van der Waals surface area contributed by atoms with Crippen molar-refractivity contribution >= 4 is 40.0 Å². The molecule has 4 aromatic rings. The van der Waals surface area contributed by atoms with E-state index >= 15 is 0 Å². The van der Waals surface area contributed by atoms with Crippen molar-refractivity contribution in [3.8, 4) is 5.75 Å². The summed E-state index contributed by atoms with van der Waals surface area (Å²) in [7, 11) is 3.33. The molecule has 0 saturated carbocycles. The minimum absolute atomic E-state index is 0.269. The van der Waals surface area contributed by atoms with E-state index in [0.29, 0.717) is 34.1 Å². The lowest BCUT2D eigenvalue weighted by Gasteiger charge is -2.20. The van der Waals surface area contributed by atoms with Crippen LogP contribution in [0.4, 0.5) is 34.1 Å². The SMILES string of the molecule is CNc1cccc(N(N=O)c2ccncc2Nc2ccc(NC(=O)c3ccccc3OC)cc2)c1. The molecular formula is C26H24N6O3. The maximum atomic E-state index is 12.6. The van der Waals surface area contributed by atoms with Crippen LogP contribution < -0.4 is 25.7 Å². The maximum absolute atomic E-state index is 12.6. The zero-order chi connectivity index (χ0) is 24.6. The molecule has 0 atom stereocenters. The number of anilines is 6. The first-order valence-corrected chi connectivity index (χ1v) is 10.8. The Kier molecular flexibility index (Phi) is 7.17. The van der Waals surface area contributed by atoms with E-state index in [9.17, 15) is 9.70 Å². The third-order valence-electron chi connectivity index (χ3n) is 5.26. The van der Waals surface area contributed by atoms with Gasteiger partial charge in [0.1, 0.15) is 5.75 Å². The zero-order valence-electron chi connectivity index (χ0n) is 19.2. The van der Waals surface area contributed by atoms with Gasteiger partial charge in [-0.15, -0.1) is 4.91 Å². The van der Waals surface area contributed by atoms with Gasteiger partial charge in [0, 0.05) is 30.3 Å². The number of carbonyl (C=O) groups excluding carboxylic acids is 1. The smallest absolute Gasteiger partial charge is 0.259 e. The first-order valence-electron chi connectivity index (χ1n) is 10.8. The Balaban J connectivity index is 1.52. The highest BCUT2D eigenvalue weighted by atomic mass is 16.5. The van der Waals surface area contributed by atoms with Crippen LogP contribution in [0.2, 0.25) is 0 Å². The standard InChI is InChI=1S/C26H24N6O3/c1-27-20-6-5-7-21(16-20)32(31-34)24-14-15-28-17-23(24)29-18-10-12-19(13-11-18)30-26(33)22-8-3-4-9-25(22)35-2/h3-17,27,29H,1-2H3,(H,30,33). The number of benzene rings is 3. The summed E-state index contributed by atoms with van der Waals surface area (Å²) in [6.07, 6.45) is 3.21. The van der Waals surface area contributed by atoms with Crippen molar-refractivity contribution in [3.63, 3.8) is 0 Å². The summed E-state index contributed by atoms with van der Waals surface area (Å²) in [5.74, 6) is 0.232. The highest BCUT2D eigenvalue weighted by molar-refractivity contribution is 6.06. The first-order chi connectivity index (χ1) is 17.1. The van der Waals surface area contributed by atoms with Crippen LogP contribution in [0.25, 0.3) is 0 Å². The average Bonchev–Trinajstić information content (AvgIpc) is 2.91. The van der Waals surface area contributed by atoms with E-state index in [2.05, 4.69) is 26.2 Å². The molecule has 0 aliphatic carbocycles. The summed E-state index contributed by atoms with van der Waals surface area (Å²) >= 11 is 0. The first kappa shape index (κ1) is 23.2. The van der Waals surface area contributed by atoms with E-state index in [1.54, 1.807) is 68.0 Å². The molecule has 3 aromatic carbocycles. The summed E-state index contributed by atoms with van der Waals surface area (Å²) in [5, 5.41) is 13.7. The molecule has 0 fully saturated rings. The van der Waals surface area contributed by atoms with Crippen LogP contribution in [0.1, 0.15) is 10.4 Å². The summed E-state index contributed by atoms with van der Waals surface area (Å²) in [6.45, 7) is 0. The van der Waals surface area contributed by atoms with Gasteiger partial charge in [0.05, 0.1) is 41.2 Å². The number of carbonyl (C=O) groups is 1. The van der Waals surface area contributed by atoms with Crippen LogP contribution >= 0.6 is 0 Å². The van der Waals surface area contributed by atoms with E-state index in [4.69, 9.17) is 4.74 Å². The molecule has 9 nitrogen and oxygen atoms in total.